The number of hydrogen-bond acceptors (Lipinski definition) is 3. The zero-order chi connectivity index (χ0) is 14.4. The number of methoxy groups -OCH3 is 1. The molecule has 20 heavy (non-hydrogen) atoms. The standard InChI is InChI=1S/C17H28N2O/c1-4-10-18-12-15-9-11-19(13-15)14(2)16-5-7-17(20-3)8-6-16/h5-8,14-15,18H,4,9-13H2,1-3H3. The van der Waals surface area contributed by atoms with Crippen LogP contribution in [0.5, 0.6) is 5.75 Å². The third kappa shape index (κ3) is 3.97. The van der Waals surface area contributed by atoms with E-state index in [2.05, 4.69) is 48.3 Å². The van der Waals surface area contributed by atoms with Crippen LogP contribution in [0.15, 0.2) is 24.3 Å². The molecule has 112 valence electrons. The van der Waals surface area contributed by atoms with E-state index in [0.29, 0.717) is 6.04 Å². The Morgan fingerprint density at radius 3 is 2.75 bits per heavy atom. The molecule has 1 N–H and O–H groups in total. The molecular formula is C17H28N2O. The lowest BCUT2D eigenvalue weighted by Gasteiger charge is -2.25. The van der Waals surface area contributed by atoms with Gasteiger partial charge in [-0.25, -0.2) is 0 Å². The summed E-state index contributed by atoms with van der Waals surface area (Å²) in [6.45, 7) is 9.27. The normalized spacial score (nSPS) is 21.1. The van der Waals surface area contributed by atoms with Gasteiger partial charge >= 0.3 is 0 Å². The van der Waals surface area contributed by atoms with Gasteiger partial charge in [0.1, 0.15) is 5.75 Å². The third-order valence-electron chi connectivity index (χ3n) is 4.32. The number of hydrogen-bond donors (Lipinski definition) is 1. The fraction of sp³-hybridized carbons (Fsp3) is 0.647. The first-order valence-corrected chi connectivity index (χ1v) is 7.83. The smallest absolute Gasteiger partial charge is 0.118 e. The molecule has 1 aliphatic heterocycles. The summed E-state index contributed by atoms with van der Waals surface area (Å²) in [6, 6.07) is 8.99. The highest BCUT2D eigenvalue weighted by Gasteiger charge is 2.26. The second-order valence-electron chi connectivity index (χ2n) is 5.80. The first-order chi connectivity index (χ1) is 9.74. The number of benzene rings is 1. The van der Waals surface area contributed by atoms with E-state index in [1.165, 1.54) is 38.0 Å². The van der Waals surface area contributed by atoms with Crippen LogP contribution in [0.25, 0.3) is 0 Å². The van der Waals surface area contributed by atoms with E-state index in [1.807, 2.05) is 0 Å². The van der Waals surface area contributed by atoms with Crippen molar-refractivity contribution in [2.24, 2.45) is 5.92 Å². The van der Waals surface area contributed by atoms with E-state index in [1.54, 1.807) is 7.11 Å². The molecule has 2 unspecified atom stereocenters. The molecule has 3 nitrogen and oxygen atoms in total. The van der Waals surface area contributed by atoms with Crippen LogP contribution in [0.1, 0.15) is 38.3 Å². The molecule has 1 heterocycles. The molecule has 0 aromatic heterocycles. The van der Waals surface area contributed by atoms with Crippen LogP contribution < -0.4 is 10.1 Å². The second kappa shape index (κ2) is 7.65. The summed E-state index contributed by atoms with van der Waals surface area (Å²) in [5.41, 5.74) is 1.38. The van der Waals surface area contributed by atoms with E-state index in [0.717, 1.165) is 18.2 Å². The molecule has 0 saturated carbocycles. The van der Waals surface area contributed by atoms with E-state index >= 15 is 0 Å². The first-order valence-electron chi connectivity index (χ1n) is 7.83. The van der Waals surface area contributed by atoms with Gasteiger partial charge in [0, 0.05) is 12.6 Å². The van der Waals surface area contributed by atoms with Crippen LogP contribution in [0.4, 0.5) is 0 Å². The average molecular weight is 276 g/mol. The van der Waals surface area contributed by atoms with Gasteiger partial charge < -0.3 is 10.1 Å². The molecule has 0 bridgehead atoms. The van der Waals surface area contributed by atoms with Crippen LogP contribution in [0.3, 0.4) is 0 Å². The predicted octanol–water partition coefficient (Wildman–Crippen LogP) is 3.08. The Morgan fingerprint density at radius 2 is 2.10 bits per heavy atom. The summed E-state index contributed by atoms with van der Waals surface area (Å²) in [5.74, 6) is 1.74. The van der Waals surface area contributed by atoms with Gasteiger partial charge in [-0.05, 0) is 63.0 Å². The van der Waals surface area contributed by atoms with Gasteiger partial charge in [-0.15, -0.1) is 0 Å². The third-order valence-corrected chi connectivity index (χ3v) is 4.32. The molecule has 3 heteroatoms. The fourth-order valence-electron chi connectivity index (χ4n) is 2.96. The molecule has 0 radical (unpaired) electrons. The summed E-state index contributed by atoms with van der Waals surface area (Å²) < 4.78 is 5.22. The van der Waals surface area contributed by atoms with Crippen molar-refractivity contribution in [1.82, 2.24) is 10.2 Å². The quantitative estimate of drug-likeness (QED) is 0.775. The van der Waals surface area contributed by atoms with Crippen molar-refractivity contribution >= 4 is 0 Å². The van der Waals surface area contributed by atoms with E-state index in [4.69, 9.17) is 4.74 Å². The van der Waals surface area contributed by atoms with Gasteiger partial charge in [0.05, 0.1) is 7.11 Å². The Kier molecular flexibility index (Phi) is 5.86. The lowest BCUT2D eigenvalue weighted by molar-refractivity contribution is 0.251. The summed E-state index contributed by atoms with van der Waals surface area (Å²) in [7, 11) is 1.72. The number of ether oxygens (including phenoxy) is 1. The maximum Gasteiger partial charge on any atom is 0.118 e. The number of nitrogens with zero attached hydrogens (tertiary/aromatic N) is 1. The number of likely N-dealkylation sites (tertiary alicyclic amines) is 1. The zero-order valence-electron chi connectivity index (χ0n) is 13.1. The number of nitrogens with one attached hydrogen (secondary N) is 1. The van der Waals surface area contributed by atoms with Crippen LogP contribution in [0.2, 0.25) is 0 Å². The van der Waals surface area contributed by atoms with Crippen LogP contribution in [-0.4, -0.2) is 38.2 Å². The first kappa shape index (κ1) is 15.3. The van der Waals surface area contributed by atoms with Crippen molar-refractivity contribution in [3.05, 3.63) is 29.8 Å². The maximum absolute atomic E-state index is 5.22. The largest absolute Gasteiger partial charge is 0.497 e. The lowest BCUT2D eigenvalue weighted by atomic mass is 10.1. The average Bonchev–Trinajstić information content (AvgIpc) is 2.96. The van der Waals surface area contributed by atoms with Gasteiger partial charge in [0.2, 0.25) is 0 Å². The maximum atomic E-state index is 5.22. The highest BCUT2D eigenvalue weighted by molar-refractivity contribution is 5.29. The molecule has 2 atom stereocenters. The molecule has 1 fully saturated rings. The summed E-state index contributed by atoms with van der Waals surface area (Å²) in [6.07, 6.45) is 2.54. The highest BCUT2D eigenvalue weighted by atomic mass is 16.5. The van der Waals surface area contributed by atoms with Gasteiger partial charge in [0.15, 0.2) is 0 Å². The highest BCUT2D eigenvalue weighted by Crippen LogP contribution is 2.28. The van der Waals surface area contributed by atoms with Gasteiger partial charge in [-0.2, -0.15) is 0 Å². The minimum absolute atomic E-state index is 0.497. The van der Waals surface area contributed by atoms with E-state index in [9.17, 15) is 0 Å². The Hall–Kier alpha value is -1.06. The molecule has 2 rings (SSSR count). The van der Waals surface area contributed by atoms with Crippen molar-refractivity contribution in [3.8, 4) is 5.75 Å². The Balaban J connectivity index is 1.85. The molecule has 0 aliphatic carbocycles. The topological polar surface area (TPSA) is 24.5 Å². The predicted molar refractivity (Wildman–Crippen MR) is 84.2 cm³/mol. The molecule has 1 aromatic carbocycles. The summed E-state index contributed by atoms with van der Waals surface area (Å²) in [4.78, 5) is 2.60. The van der Waals surface area contributed by atoms with Crippen molar-refractivity contribution < 1.29 is 4.74 Å². The molecule has 0 spiro atoms. The molecule has 1 aromatic rings. The summed E-state index contributed by atoms with van der Waals surface area (Å²) in [5, 5.41) is 3.55. The SMILES string of the molecule is CCCNCC1CCN(C(C)c2ccc(OC)cc2)C1. The molecule has 1 aliphatic rings. The van der Waals surface area contributed by atoms with Crippen molar-refractivity contribution in [3.63, 3.8) is 0 Å². The number of rotatable bonds is 7. The second-order valence-corrected chi connectivity index (χ2v) is 5.80. The molecule has 0 amide bonds. The van der Waals surface area contributed by atoms with Crippen molar-refractivity contribution in [2.45, 2.75) is 32.7 Å². The van der Waals surface area contributed by atoms with Crippen LogP contribution in [-0.2, 0) is 0 Å². The molecule has 1 saturated heterocycles. The summed E-state index contributed by atoms with van der Waals surface area (Å²) >= 11 is 0. The fourth-order valence-corrected chi connectivity index (χ4v) is 2.96. The van der Waals surface area contributed by atoms with Crippen LogP contribution in [0, 0.1) is 5.92 Å². The lowest BCUT2D eigenvalue weighted by Crippen LogP contribution is -2.28. The molecular weight excluding hydrogens is 248 g/mol. The Morgan fingerprint density at radius 1 is 1.35 bits per heavy atom. The van der Waals surface area contributed by atoms with Crippen LogP contribution >= 0.6 is 0 Å². The monoisotopic (exact) mass is 276 g/mol. The van der Waals surface area contributed by atoms with Crippen molar-refractivity contribution in [2.75, 3.05) is 33.3 Å². The minimum atomic E-state index is 0.497. The van der Waals surface area contributed by atoms with E-state index < -0.39 is 0 Å². The van der Waals surface area contributed by atoms with E-state index in [-0.39, 0.29) is 0 Å². The Labute approximate surface area is 123 Å². The zero-order valence-corrected chi connectivity index (χ0v) is 13.1. The van der Waals surface area contributed by atoms with Gasteiger partial charge in [-0.1, -0.05) is 19.1 Å². The minimum Gasteiger partial charge on any atom is -0.497 e. The van der Waals surface area contributed by atoms with Gasteiger partial charge in [-0.3, -0.25) is 4.90 Å². The van der Waals surface area contributed by atoms with Gasteiger partial charge in [0.25, 0.3) is 0 Å². The Bertz CT molecular complexity index is 390. The van der Waals surface area contributed by atoms with Crippen molar-refractivity contribution in [1.29, 1.82) is 0 Å².